The molecule has 0 saturated heterocycles. The van der Waals surface area contributed by atoms with E-state index in [4.69, 9.17) is 0 Å². The minimum Gasteiger partial charge on any atom is -0.393 e. The first-order valence-electron chi connectivity index (χ1n) is 4.93. The molecule has 0 aromatic rings. The highest BCUT2D eigenvalue weighted by Crippen LogP contribution is 2.27. The van der Waals surface area contributed by atoms with Gasteiger partial charge in [-0.15, -0.1) is 0 Å². The molecule has 2 heteroatoms. The van der Waals surface area contributed by atoms with E-state index in [1.54, 1.807) is 0 Å². The van der Waals surface area contributed by atoms with Crippen molar-refractivity contribution in [2.24, 2.45) is 5.92 Å². The summed E-state index contributed by atoms with van der Waals surface area (Å²) >= 11 is 0. The monoisotopic (exact) mass is 170 g/mol. The zero-order valence-electron chi connectivity index (χ0n) is 7.75. The lowest BCUT2D eigenvalue weighted by molar-refractivity contribution is -0.121. The molecule has 1 rings (SSSR count). The predicted molar refractivity (Wildman–Crippen MR) is 47.9 cm³/mol. The normalized spacial score (nSPS) is 30.2. The van der Waals surface area contributed by atoms with Gasteiger partial charge in [0.05, 0.1) is 6.10 Å². The molecule has 0 aromatic heterocycles. The summed E-state index contributed by atoms with van der Waals surface area (Å²) in [5, 5.41) is 9.56. The number of Topliss-reactive ketones (excluding diaryl/α,β-unsaturated/α-hetero) is 1. The largest absolute Gasteiger partial charge is 0.393 e. The number of carbonyl (C=O) groups excluding carboxylic acids is 1. The summed E-state index contributed by atoms with van der Waals surface area (Å²) in [6.07, 6.45) is 5.22. The van der Waals surface area contributed by atoms with Gasteiger partial charge in [-0.05, 0) is 18.8 Å². The van der Waals surface area contributed by atoms with Gasteiger partial charge in [0.2, 0.25) is 0 Å². The van der Waals surface area contributed by atoms with Gasteiger partial charge in [0.25, 0.3) is 0 Å². The maximum Gasteiger partial charge on any atom is 0.133 e. The molecular weight excluding hydrogens is 152 g/mol. The van der Waals surface area contributed by atoms with Crippen LogP contribution in [0.4, 0.5) is 0 Å². The zero-order valence-corrected chi connectivity index (χ0v) is 7.75. The summed E-state index contributed by atoms with van der Waals surface area (Å²) in [4.78, 5) is 11.1. The van der Waals surface area contributed by atoms with Crippen LogP contribution in [0.5, 0.6) is 0 Å². The molecule has 1 aliphatic carbocycles. The second-order valence-electron chi connectivity index (χ2n) is 3.71. The van der Waals surface area contributed by atoms with Gasteiger partial charge in [0, 0.05) is 12.8 Å². The van der Waals surface area contributed by atoms with Gasteiger partial charge in [-0.25, -0.2) is 0 Å². The molecule has 1 aliphatic rings. The lowest BCUT2D eigenvalue weighted by atomic mass is 9.83. The first kappa shape index (κ1) is 9.72. The van der Waals surface area contributed by atoms with Crippen molar-refractivity contribution in [2.75, 3.05) is 0 Å². The summed E-state index contributed by atoms with van der Waals surface area (Å²) in [6, 6.07) is 0. The molecule has 0 amide bonds. The first-order valence-corrected chi connectivity index (χ1v) is 4.93. The SMILES string of the molecule is CCC(=O)CC1CCCCC1O. The van der Waals surface area contributed by atoms with Crippen LogP contribution in [0.1, 0.15) is 45.4 Å². The van der Waals surface area contributed by atoms with E-state index in [0.29, 0.717) is 18.6 Å². The van der Waals surface area contributed by atoms with Gasteiger partial charge in [-0.2, -0.15) is 0 Å². The third-order valence-electron chi connectivity index (χ3n) is 2.75. The van der Waals surface area contributed by atoms with Crippen LogP contribution in [0, 0.1) is 5.92 Å². The van der Waals surface area contributed by atoms with Crippen LogP contribution in [-0.2, 0) is 4.79 Å². The molecule has 0 bridgehead atoms. The average molecular weight is 170 g/mol. The van der Waals surface area contributed by atoms with E-state index in [1.807, 2.05) is 6.92 Å². The molecule has 0 radical (unpaired) electrons. The molecule has 2 unspecified atom stereocenters. The van der Waals surface area contributed by atoms with E-state index in [1.165, 1.54) is 6.42 Å². The van der Waals surface area contributed by atoms with Gasteiger partial charge in [0.1, 0.15) is 5.78 Å². The molecule has 0 aliphatic heterocycles. The van der Waals surface area contributed by atoms with E-state index in [-0.39, 0.29) is 12.0 Å². The third-order valence-corrected chi connectivity index (χ3v) is 2.75. The zero-order chi connectivity index (χ0) is 8.97. The van der Waals surface area contributed by atoms with E-state index in [0.717, 1.165) is 19.3 Å². The van der Waals surface area contributed by atoms with Gasteiger partial charge >= 0.3 is 0 Å². The maximum atomic E-state index is 11.1. The van der Waals surface area contributed by atoms with Crippen LogP contribution in [0.25, 0.3) is 0 Å². The van der Waals surface area contributed by atoms with Crippen molar-refractivity contribution in [1.29, 1.82) is 0 Å². The summed E-state index contributed by atoms with van der Waals surface area (Å²) in [6.45, 7) is 1.89. The van der Waals surface area contributed by atoms with Crippen molar-refractivity contribution in [3.8, 4) is 0 Å². The number of aliphatic hydroxyl groups excluding tert-OH is 1. The first-order chi connectivity index (χ1) is 5.74. The number of hydrogen-bond acceptors (Lipinski definition) is 2. The van der Waals surface area contributed by atoms with Crippen molar-refractivity contribution in [2.45, 2.75) is 51.6 Å². The van der Waals surface area contributed by atoms with Crippen LogP contribution in [0.3, 0.4) is 0 Å². The second kappa shape index (κ2) is 4.61. The highest BCUT2D eigenvalue weighted by molar-refractivity contribution is 5.78. The van der Waals surface area contributed by atoms with Crippen LogP contribution < -0.4 is 0 Å². The summed E-state index contributed by atoms with van der Waals surface area (Å²) in [7, 11) is 0. The topological polar surface area (TPSA) is 37.3 Å². The average Bonchev–Trinajstić information content (AvgIpc) is 2.09. The molecule has 0 spiro atoms. The van der Waals surface area contributed by atoms with Crippen LogP contribution >= 0.6 is 0 Å². The Bertz CT molecular complexity index is 154. The van der Waals surface area contributed by atoms with E-state index < -0.39 is 0 Å². The Morgan fingerprint density at radius 2 is 2.08 bits per heavy atom. The standard InChI is InChI=1S/C10H18O2/c1-2-9(11)7-8-5-3-4-6-10(8)12/h8,10,12H,2-7H2,1H3. The van der Waals surface area contributed by atoms with E-state index in [2.05, 4.69) is 0 Å². The minimum absolute atomic E-state index is 0.214. The molecule has 1 saturated carbocycles. The van der Waals surface area contributed by atoms with Gasteiger partial charge in [0.15, 0.2) is 0 Å². The Kier molecular flexibility index (Phi) is 3.73. The molecule has 1 fully saturated rings. The van der Waals surface area contributed by atoms with Crippen LogP contribution in [-0.4, -0.2) is 17.0 Å². The fourth-order valence-electron chi connectivity index (χ4n) is 1.86. The lowest BCUT2D eigenvalue weighted by Crippen LogP contribution is -2.26. The fourth-order valence-corrected chi connectivity index (χ4v) is 1.86. The van der Waals surface area contributed by atoms with E-state index >= 15 is 0 Å². The molecule has 2 atom stereocenters. The van der Waals surface area contributed by atoms with Crippen molar-refractivity contribution < 1.29 is 9.90 Å². The molecular formula is C10H18O2. The lowest BCUT2D eigenvalue weighted by Gasteiger charge is -2.26. The third kappa shape index (κ3) is 2.59. The van der Waals surface area contributed by atoms with Gasteiger partial charge in [-0.1, -0.05) is 19.8 Å². The van der Waals surface area contributed by atoms with Gasteiger partial charge in [-0.3, -0.25) is 4.79 Å². The molecule has 1 N–H and O–H groups in total. The Balaban J connectivity index is 2.33. The maximum absolute atomic E-state index is 11.1. The van der Waals surface area contributed by atoms with Crippen molar-refractivity contribution in [1.82, 2.24) is 0 Å². The minimum atomic E-state index is -0.214. The molecule has 2 nitrogen and oxygen atoms in total. The molecule has 0 heterocycles. The van der Waals surface area contributed by atoms with Gasteiger partial charge < -0.3 is 5.11 Å². The Hall–Kier alpha value is -0.370. The Morgan fingerprint density at radius 1 is 1.42 bits per heavy atom. The van der Waals surface area contributed by atoms with Crippen LogP contribution in [0.15, 0.2) is 0 Å². The van der Waals surface area contributed by atoms with Crippen molar-refractivity contribution in [3.05, 3.63) is 0 Å². The van der Waals surface area contributed by atoms with Crippen molar-refractivity contribution >= 4 is 5.78 Å². The number of hydrogen-bond donors (Lipinski definition) is 1. The Morgan fingerprint density at radius 3 is 2.67 bits per heavy atom. The summed E-state index contributed by atoms with van der Waals surface area (Å²) in [5.41, 5.74) is 0. The molecule has 70 valence electrons. The van der Waals surface area contributed by atoms with E-state index in [9.17, 15) is 9.90 Å². The number of ketones is 1. The van der Waals surface area contributed by atoms with Crippen molar-refractivity contribution in [3.63, 3.8) is 0 Å². The fraction of sp³-hybridized carbons (Fsp3) is 0.900. The quantitative estimate of drug-likeness (QED) is 0.702. The number of carbonyl (C=O) groups is 1. The smallest absolute Gasteiger partial charge is 0.133 e. The molecule has 0 aromatic carbocycles. The number of rotatable bonds is 3. The number of aliphatic hydroxyl groups is 1. The second-order valence-corrected chi connectivity index (χ2v) is 3.71. The highest BCUT2D eigenvalue weighted by atomic mass is 16.3. The Labute approximate surface area is 74.0 Å². The van der Waals surface area contributed by atoms with Crippen LogP contribution in [0.2, 0.25) is 0 Å². The molecule has 12 heavy (non-hydrogen) atoms. The predicted octanol–water partition coefficient (Wildman–Crippen LogP) is 1.91. The summed E-state index contributed by atoms with van der Waals surface area (Å²) < 4.78 is 0. The summed E-state index contributed by atoms with van der Waals surface area (Å²) in [5.74, 6) is 0.548. The highest BCUT2D eigenvalue weighted by Gasteiger charge is 2.24.